The third kappa shape index (κ3) is 5.93. The molecule has 0 aromatic heterocycles. The van der Waals surface area contributed by atoms with Crippen molar-refractivity contribution in [1.29, 1.82) is 0 Å². The molecule has 1 amide bonds. The van der Waals surface area contributed by atoms with Gasteiger partial charge in [0.15, 0.2) is 11.5 Å². The van der Waals surface area contributed by atoms with E-state index in [2.05, 4.69) is 5.32 Å². The average Bonchev–Trinajstić information content (AvgIpc) is 2.77. The quantitative estimate of drug-likeness (QED) is 0.311. The van der Waals surface area contributed by atoms with Gasteiger partial charge in [-0.2, -0.15) is 0 Å². The number of hydrogen-bond acceptors (Lipinski definition) is 5. The van der Waals surface area contributed by atoms with Crippen molar-refractivity contribution >= 4 is 23.4 Å². The van der Waals surface area contributed by atoms with Gasteiger partial charge in [0.25, 0.3) is 5.69 Å². The summed E-state index contributed by atoms with van der Waals surface area (Å²) in [6, 6.07) is 19.1. The lowest BCUT2D eigenvalue weighted by Crippen LogP contribution is -2.07. The summed E-state index contributed by atoms with van der Waals surface area (Å²) in [5, 5.41) is 13.4. The van der Waals surface area contributed by atoms with Crippen molar-refractivity contribution in [3.63, 3.8) is 0 Å². The number of anilines is 1. The van der Waals surface area contributed by atoms with Gasteiger partial charge >= 0.3 is 0 Å². The molecule has 31 heavy (non-hydrogen) atoms. The molecule has 0 spiro atoms. The number of ether oxygens (including phenoxy) is 2. The molecule has 7 heteroatoms. The maximum atomic E-state index is 12.2. The molecule has 158 valence electrons. The van der Waals surface area contributed by atoms with Crippen LogP contribution >= 0.6 is 0 Å². The standard InChI is InChI=1S/C24H22N2O5/c1-17-6-3-4-7-19(17)16-31-22-12-10-18(14-23(22)30-2)11-13-24(27)25-20-8-5-9-21(15-20)26(28)29/h3-15H,16H2,1-2H3,(H,25,27). The number of nitro benzene ring substituents is 1. The fraction of sp³-hybridized carbons (Fsp3) is 0.125. The van der Waals surface area contributed by atoms with E-state index >= 15 is 0 Å². The highest BCUT2D eigenvalue weighted by Gasteiger charge is 2.08. The van der Waals surface area contributed by atoms with E-state index in [1.807, 2.05) is 37.3 Å². The molecule has 0 saturated heterocycles. The van der Waals surface area contributed by atoms with Crippen LogP contribution in [0.1, 0.15) is 16.7 Å². The zero-order valence-corrected chi connectivity index (χ0v) is 17.2. The molecular formula is C24H22N2O5. The van der Waals surface area contributed by atoms with E-state index in [1.54, 1.807) is 31.4 Å². The molecule has 0 fully saturated rings. The summed E-state index contributed by atoms with van der Waals surface area (Å²) in [7, 11) is 1.55. The zero-order valence-electron chi connectivity index (χ0n) is 17.2. The Labute approximate surface area is 180 Å². The highest BCUT2D eigenvalue weighted by Crippen LogP contribution is 2.29. The number of benzene rings is 3. The first-order chi connectivity index (χ1) is 15.0. The molecule has 3 aromatic rings. The van der Waals surface area contributed by atoms with Gasteiger partial charge in [0.2, 0.25) is 5.91 Å². The third-order valence-corrected chi connectivity index (χ3v) is 4.58. The Morgan fingerprint density at radius 1 is 1.06 bits per heavy atom. The lowest BCUT2D eigenvalue weighted by atomic mass is 10.1. The van der Waals surface area contributed by atoms with Gasteiger partial charge in [-0.25, -0.2) is 0 Å². The second-order valence-corrected chi connectivity index (χ2v) is 6.76. The lowest BCUT2D eigenvalue weighted by Gasteiger charge is -2.12. The zero-order chi connectivity index (χ0) is 22.2. The predicted molar refractivity (Wildman–Crippen MR) is 119 cm³/mol. The molecule has 0 aliphatic heterocycles. The molecule has 7 nitrogen and oxygen atoms in total. The normalized spacial score (nSPS) is 10.6. The van der Waals surface area contributed by atoms with Crippen molar-refractivity contribution < 1.29 is 19.2 Å². The van der Waals surface area contributed by atoms with Crippen molar-refractivity contribution in [3.05, 3.63) is 99.6 Å². The summed E-state index contributed by atoms with van der Waals surface area (Å²) in [5.41, 5.74) is 3.24. The largest absolute Gasteiger partial charge is 0.493 e. The molecule has 0 bridgehead atoms. The van der Waals surface area contributed by atoms with E-state index in [0.717, 1.165) is 16.7 Å². The van der Waals surface area contributed by atoms with Crippen molar-refractivity contribution in [2.75, 3.05) is 12.4 Å². The number of methoxy groups -OCH3 is 1. The second-order valence-electron chi connectivity index (χ2n) is 6.76. The third-order valence-electron chi connectivity index (χ3n) is 4.58. The van der Waals surface area contributed by atoms with Gasteiger partial charge in [0.1, 0.15) is 6.61 Å². The topological polar surface area (TPSA) is 90.7 Å². The number of nitrogens with one attached hydrogen (secondary N) is 1. The van der Waals surface area contributed by atoms with Gasteiger partial charge < -0.3 is 14.8 Å². The van der Waals surface area contributed by atoms with Gasteiger partial charge in [0, 0.05) is 23.9 Å². The first-order valence-corrected chi connectivity index (χ1v) is 9.55. The molecule has 3 rings (SSSR count). The number of carbonyl (C=O) groups excluding carboxylic acids is 1. The molecule has 0 atom stereocenters. The maximum absolute atomic E-state index is 12.2. The predicted octanol–water partition coefficient (Wildman–Crippen LogP) is 5.14. The number of rotatable bonds is 8. The van der Waals surface area contributed by atoms with E-state index in [1.165, 1.54) is 24.3 Å². The van der Waals surface area contributed by atoms with Crippen LogP contribution in [0.2, 0.25) is 0 Å². The number of carbonyl (C=O) groups is 1. The number of aryl methyl sites for hydroxylation is 1. The Bertz CT molecular complexity index is 1120. The van der Waals surface area contributed by atoms with E-state index in [9.17, 15) is 14.9 Å². The van der Waals surface area contributed by atoms with Crippen molar-refractivity contribution in [2.24, 2.45) is 0 Å². The number of nitrogens with zero attached hydrogens (tertiary/aromatic N) is 1. The molecular weight excluding hydrogens is 396 g/mol. The number of nitro groups is 1. The minimum absolute atomic E-state index is 0.0900. The molecule has 3 aromatic carbocycles. The second kappa shape index (κ2) is 10.1. The molecule has 0 heterocycles. The minimum Gasteiger partial charge on any atom is -0.493 e. The van der Waals surface area contributed by atoms with Crippen LogP contribution in [0.15, 0.2) is 72.8 Å². The average molecular weight is 418 g/mol. The molecule has 0 aliphatic rings. The number of amides is 1. The van der Waals surface area contributed by atoms with Crippen LogP contribution < -0.4 is 14.8 Å². The Kier molecular flexibility index (Phi) is 7.01. The molecule has 1 N–H and O–H groups in total. The van der Waals surface area contributed by atoms with Crippen LogP contribution in [0.3, 0.4) is 0 Å². The molecule has 0 radical (unpaired) electrons. The lowest BCUT2D eigenvalue weighted by molar-refractivity contribution is -0.384. The van der Waals surface area contributed by atoms with E-state index < -0.39 is 10.8 Å². The van der Waals surface area contributed by atoms with Crippen LogP contribution in [0.4, 0.5) is 11.4 Å². The Morgan fingerprint density at radius 3 is 2.61 bits per heavy atom. The van der Waals surface area contributed by atoms with E-state index in [0.29, 0.717) is 23.8 Å². The summed E-state index contributed by atoms with van der Waals surface area (Å²) >= 11 is 0. The highest BCUT2D eigenvalue weighted by molar-refractivity contribution is 6.02. The van der Waals surface area contributed by atoms with Crippen molar-refractivity contribution in [2.45, 2.75) is 13.5 Å². The smallest absolute Gasteiger partial charge is 0.271 e. The summed E-state index contributed by atoms with van der Waals surface area (Å²) in [6.07, 6.45) is 2.97. The maximum Gasteiger partial charge on any atom is 0.271 e. The van der Waals surface area contributed by atoms with Crippen LogP contribution in [0, 0.1) is 17.0 Å². The first kappa shape index (κ1) is 21.6. The summed E-state index contributed by atoms with van der Waals surface area (Å²) < 4.78 is 11.3. The monoisotopic (exact) mass is 418 g/mol. The van der Waals surface area contributed by atoms with E-state index in [4.69, 9.17) is 9.47 Å². The van der Waals surface area contributed by atoms with Crippen molar-refractivity contribution in [3.8, 4) is 11.5 Å². The first-order valence-electron chi connectivity index (χ1n) is 9.55. The summed E-state index contributed by atoms with van der Waals surface area (Å²) in [4.78, 5) is 22.5. The SMILES string of the molecule is COc1cc(C=CC(=O)Nc2cccc([N+](=O)[O-])c2)ccc1OCc1ccccc1C. The van der Waals surface area contributed by atoms with E-state index in [-0.39, 0.29) is 5.69 Å². The highest BCUT2D eigenvalue weighted by atomic mass is 16.6. The van der Waals surface area contributed by atoms with Gasteiger partial charge in [-0.05, 0) is 47.9 Å². The minimum atomic E-state index is -0.513. The molecule has 0 saturated carbocycles. The molecule has 0 unspecified atom stereocenters. The van der Waals surface area contributed by atoms with Crippen LogP contribution in [-0.2, 0) is 11.4 Å². The fourth-order valence-electron chi connectivity index (χ4n) is 2.89. The van der Waals surface area contributed by atoms with Crippen molar-refractivity contribution in [1.82, 2.24) is 0 Å². The summed E-state index contributed by atoms with van der Waals surface area (Å²) in [5.74, 6) is 0.748. The van der Waals surface area contributed by atoms with Gasteiger partial charge in [-0.15, -0.1) is 0 Å². The van der Waals surface area contributed by atoms with Gasteiger partial charge in [-0.1, -0.05) is 36.4 Å². The fourth-order valence-corrected chi connectivity index (χ4v) is 2.89. The Balaban J connectivity index is 1.65. The van der Waals surface area contributed by atoms with Gasteiger partial charge in [-0.3, -0.25) is 14.9 Å². The Morgan fingerprint density at radius 2 is 1.87 bits per heavy atom. The number of hydrogen-bond donors (Lipinski definition) is 1. The van der Waals surface area contributed by atoms with Gasteiger partial charge in [0.05, 0.1) is 12.0 Å². The summed E-state index contributed by atoms with van der Waals surface area (Å²) in [6.45, 7) is 2.45. The van der Waals surface area contributed by atoms with Crippen LogP contribution in [-0.4, -0.2) is 17.9 Å². The number of non-ortho nitro benzene ring substituents is 1. The van der Waals surface area contributed by atoms with Crippen LogP contribution in [0.5, 0.6) is 11.5 Å². The van der Waals surface area contributed by atoms with Crippen LogP contribution in [0.25, 0.3) is 6.08 Å². The Hall–Kier alpha value is -4.13. The molecule has 0 aliphatic carbocycles.